The number of fused-ring (bicyclic) bond motifs is 1. The number of aromatic nitrogens is 3. The number of carbonyl (C=O) groups is 1. The number of pyridine rings is 1. The van der Waals surface area contributed by atoms with Crippen molar-refractivity contribution in [1.82, 2.24) is 25.2 Å². The number of nitrogens with one attached hydrogen (secondary N) is 3. The second kappa shape index (κ2) is 9.76. The molecule has 3 N–H and O–H groups in total. The number of amides is 1. The van der Waals surface area contributed by atoms with Crippen LogP contribution in [0.3, 0.4) is 0 Å². The second-order valence-corrected chi connectivity index (χ2v) is 11.5. The molecule has 2 heterocycles. The van der Waals surface area contributed by atoms with Crippen LogP contribution in [0.2, 0.25) is 0 Å². The molecule has 0 saturated heterocycles. The molecule has 1 atom stereocenters. The van der Waals surface area contributed by atoms with Gasteiger partial charge in [0.2, 0.25) is 10.0 Å². The van der Waals surface area contributed by atoms with E-state index in [1.807, 2.05) is 6.92 Å². The van der Waals surface area contributed by atoms with E-state index >= 15 is 0 Å². The molecule has 0 radical (unpaired) electrons. The van der Waals surface area contributed by atoms with Gasteiger partial charge < -0.3 is 5.32 Å². The largest absolute Gasteiger partial charge is 0.348 e. The number of H-pyrrole nitrogens is 1. The molecule has 172 valence electrons. The maximum atomic E-state index is 13.0. The van der Waals surface area contributed by atoms with Crippen molar-refractivity contribution in [2.45, 2.75) is 36.5 Å². The van der Waals surface area contributed by atoms with E-state index in [1.54, 1.807) is 24.4 Å². The highest BCUT2D eigenvalue weighted by molar-refractivity contribution is 7.92. The minimum atomic E-state index is -3.72. The lowest BCUT2D eigenvalue weighted by Crippen LogP contribution is -2.36. The topological polar surface area (TPSA) is 151 Å². The van der Waals surface area contributed by atoms with Gasteiger partial charge in [-0.1, -0.05) is 25.5 Å². The SMILES string of the molecule is CCCC(CNS(C)(=O)=O)S(=O)(=O)c1ccc(CNC(=O)c2cnc3[nH]ncc3c2)cc1. The Kier molecular flexibility index (Phi) is 7.26. The average molecular weight is 480 g/mol. The molecule has 2 aromatic heterocycles. The normalized spacial score (nSPS) is 13.2. The Morgan fingerprint density at radius 3 is 2.50 bits per heavy atom. The molecule has 3 rings (SSSR count). The molecule has 1 aromatic carbocycles. The lowest BCUT2D eigenvalue weighted by molar-refractivity contribution is 0.0950. The number of nitrogens with zero attached hydrogens (tertiary/aromatic N) is 2. The Balaban J connectivity index is 1.66. The van der Waals surface area contributed by atoms with Gasteiger partial charge >= 0.3 is 0 Å². The van der Waals surface area contributed by atoms with Crippen LogP contribution in [0, 0.1) is 0 Å². The number of hydrogen-bond donors (Lipinski definition) is 3. The second-order valence-electron chi connectivity index (χ2n) is 7.43. The van der Waals surface area contributed by atoms with Crippen LogP contribution < -0.4 is 10.0 Å². The quantitative estimate of drug-likeness (QED) is 0.397. The summed E-state index contributed by atoms with van der Waals surface area (Å²) in [7, 11) is -7.22. The van der Waals surface area contributed by atoms with E-state index in [4.69, 9.17) is 0 Å². The third-order valence-corrected chi connectivity index (χ3v) is 7.78. The number of benzene rings is 1. The number of hydrogen-bond acceptors (Lipinski definition) is 7. The van der Waals surface area contributed by atoms with Crippen molar-refractivity contribution in [3.63, 3.8) is 0 Å². The minimum Gasteiger partial charge on any atom is -0.348 e. The monoisotopic (exact) mass is 479 g/mol. The van der Waals surface area contributed by atoms with E-state index < -0.39 is 25.1 Å². The summed E-state index contributed by atoms with van der Waals surface area (Å²) in [5.41, 5.74) is 1.70. The van der Waals surface area contributed by atoms with E-state index in [-0.39, 0.29) is 23.9 Å². The van der Waals surface area contributed by atoms with E-state index in [2.05, 4.69) is 25.2 Å². The van der Waals surface area contributed by atoms with Crippen molar-refractivity contribution < 1.29 is 21.6 Å². The predicted octanol–water partition coefficient (Wildman–Crippen LogP) is 1.38. The van der Waals surface area contributed by atoms with Gasteiger partial charge in [-0.15, -0.1) is 0 Å². The summed E-state index contributed by atoms with van der Waals surface area (Å²) in [6.45, 7) is 1.87. The molecule has 0 aliphatic carbocycles. The summed E-state index contributed by atoms with van der Waals surface area (Å²) in [4.78, 5) is 16.6. The summed E-state index contributed by atoms with van der Waals surface area (Å²) in [6.07, 6.45) is 4.95. The van der Waals surface area contributed by atoms with Crippen molar-refractivity contribution in [2.24, 2.45) is 0 Å². The van der Waals surface area contributed by atoms with E-state index in [1.165, 1.54) is 18.3 Å². The molecule has 0 bridgehead atoms. The first-order valence-electron chi connectivity index (χ1n) is 9.95. The van der Waals surface area contributed by atoms with Gasteiger partial charge in [-0.2, -0.15) is 5.10 Å². The summed E-state index contributed by atoms with van der Waals surface area (Å²) in [6, 6.07) is 7.86. The van der Waals surface area contributed by atoms with E-state index in [0.29, 0.717) is 24.1 Å². The van der Waals surface area contributed by atoms with E-state index in [0.717, 1.165) is 17.2 Å². The highest BCUT2D eigenvalue weighted by Gasteiger charge is 2.27. The number of rotatable bonds is 10. The van der Waals surface area contributed by atoms with Crippen molar-refractivity contribution in [3.8, 4) is 0 Å². The van der Waals surface area contributed by atoms with Crippen molar-refractivity contribution in [2.75, 3.05) is 12.8 Å². The van der Waals surface area contributed by atoms with Gasteiger partial charge in [0.25, 0.3) is 5.91 Å². The van der Waals surface area contributed by atoms with Gasteiger partial charge in [0.1, 0.15) is 0 Å². The molecular formula is C20H25N5O5S2. The molecule has 1 amide bonds. The van der Waals surface area contributed by atoms with Gasteiger partial charge in [-0.25, -0.2) is 26.5 Å². The molecule has 0 saturated carbocycles. The van der Waals surface area contributed by atoms with Crippen LogP contribution in [0.15, 0.2) is 47.6 Å². The summed E-state index contributed by atoms with van der Waals surface area (Å²) in [5, 5.41) is 9.22. The number of aromatic amines is 1. The fourth-order valence-electron chi connectivity index (χ4n) is 3.17. The highest BCUT2D eigenvalue weighted by atomic mass is 32.2. The first-order valence-corrected chi connectivity index (χ1v) is 13.4. The lowest BCUT2D eigenvalue weighted by atomic mass is 10.2. The van der Waals surface area contributed by atoms with Crippen LogP contribution in [0.4, 0.5) is 0 Å². The van der Waals surface area contributed by atoms with E-state index in [9.17, 15) is 21.6 Å². The standard InChI is InChI=1S/C20H25N5O5S2/c1-3-4-18(13-24-31(2,27)28)32(29,30)17-7-5-14(6-8-17)10-22-20(26)16-9-15-12-23-25-19(15)21-11-16/h5-9,11-12,18,24H,3-4,10,13H2,1-2H3,(H,22,26)(H,21,23,25). The number of sulfonamides is 1. The maximum Gasteiger partial charge on any atom is 0.253 e. The van der Waals surface area contributed by atoms with Gasteiger partial charge in [-0.05, 0) is 30.2 Å². The Morgan fingerprint density at radius 2 is 1.84 bits per heavy atom. The molecule has 3 aromatic rings. The zero-order valence-corrected chi connectivity index (χ0v) is 19.3. The van der Waals surface area contributed by atoms with Crippen LogP contribution in [-0.4, -0.2) is 56.0 Å². The van der Waals surface area contributed by atoms with Gasteiger partial charge in [-0.3, -0.25) is 9.89 Å². The van der Waals surface area contributed by atoms with Gasteiger partial charge in [0, 0.05) is 24.7 Å². The van der Waals surface area contributed by atoms with Crippen LogP contribution in [0.25, 0.3) is 11.0 Å². The Morgan fingerprint density at radius 1 is 1.12 bits per heavy atom. The molecule has 0 fully saturated rings. The molecule has 32 heavy (non-hydrogen) atoms. The van der Waals surface area contributed by atoms with Gasteiger partial charge in [0.15, 0.2) is 15.5 Å². The maximum absolute atomic E-state index is 13.0. The third-order valence-electron chi connectivity index (χ3n) is 4.88. The Bertz CT molecular complexity index is 1300. The van der Waals surface area contributed by atoms with Crippen LogP contribution >= 0.6 is 0 Å². The lowest BCUT2D eigenvalue weighted by Gasteiger charge is -2.17. The molecule has 0 aliphatic heterocycles. The smallest absolute Gasteiger partial charge is 0.253 e. The van der Waals surface area contributed by atoms with Crippen molar-refractivity contribution in [1.29, 1.82) is 0 Å². The van der Waals surface area contributed by atoms with Crippen LogP contribution in [-0.2, 0) is 26.4 Å². The molecule has 12 heteroatoms. The number of carbonyl (C=O) groups excluding carboxylic acids is 1. The fraction of sp³-hybridized carbons (Fsp3) is 0.350. The van der Waals surface area contributed by atoms with Crippen molar-refractivity contribution >= 4 is 36.8 Å². The van der Waals surface area contributed by atoms with Crippen molar-refractivity contribution in [3.05, 3.63) is 53.9 Å². The molecule has 10 nitrogen and oxygen atoms in total. The zero-order chi connectivity index (χ0) is 23.4. The van der Waals surface area contributed by atoms with Gasteiger partial charge in [0.05, 0.1) is 28.2 Å². The fourth-order valence-corrected chi connectivity index (χ4v) is 5.53. The first-order chi connectivity index (χ1) is 15.1. The summed E-state index contributed by atoms with van der Waals surface area (Å²) >= 11 is 0. The molecule has 0 aliphatic rings. The Labute approximate surface area is 186 Å². The highest BCUT2D eigenvalue weighted by Crippen LogP contribution is 2.20. The summed E-state index contributed by atoms with van der Waals surface area (Å²) in [5.74, 6) is -0.313. The number of sulfone groups is 1. The summed E-state index contributed by atoms with van der Waals surface area (Å²) < 4.78 is 51.0. The third kappa shape index (κ3) is 5.90. The zero-order valence-electron chi connectivity index (χ0n) is 17.7. The first kappa shape index (κ1) is 23.8. The average Bonchev–Trinajstić information content (AvgIpc) is 3.22. The molecule has 0 spiro atoms. The van der Waals surface area contributed by atoms with Crippen LogP contribution in [0.1, 0.15) is 35.7 Å². The molecule has 1 unspecified atom stereocenters. The van der Waals surface area contributed by atoms with Crippen LogP contribution in [0.5, 0.6) is 0 Å². The predicted molar refractivity (Wildman–Crippen MR) is 120 cm³/mol. The molecular weight excluding hydrogens is 454 g/mol. The Hall–Kier alpha value is -2.83. The minimum absolute atomic E-state index is 0.107.